The third-order valence-electron chi connectivity index (χ3n) is 2.43. The molecule has 0 radical (unpaired) electrons. The zero-order chi connectivity index (χ0) is 13.8. The first-order chi connectivity index (χ1) is 8.36. The van der Waals surface area contributed by atoms with Gasteiger partial charge in [-0.15, -0.1) is 0 Å². The van der Waals surface area contributed by atoms with Gasteiger partial charge in [-0.05, 0) is 19.1 Å². The van der Waals surface area contributed by atoms with Gasteiger partial charge in [-0.1, -0.05) is 0 Å². The summed E-state index contributed by atoms with van der Waals surface area (Å²) in [5.41, 5.74) is 4.53. The van der Waals surface area contributed by atoms with Crippen LogP contribution in [0.15, 0.2) is 18.2 Å². The molecule has 1 unspecified atom stereocenters. The number of halogens is 2. The Bertz CT molecular complexity index is 435. The molecule has 0 aliphatic carbocycles. The summed E-state index contributed by atoms with van der Waals surface area (Å²) in [7, 11) is 1.24. The number of hydrogen-bond donors (Lipinski definition) is 1. The van der Waals surface area contributed by atoms with E-state index < -0.39 is 23.1 Å². The van der Waals surface area contributed by atoms with E-state index in [1.807, 2.05) is 0 Å². The highest BCUT2D eigenvalue weighted by Gasteiger charge is 2.29. The van der Waals surface area contributed by atoms with E-state index in [1.54, 1.807) is 0 Å². The molecule has 1 rings (SSSR count). The van der Waals surface area contributed by atoms with Gasteiger partial charge in [-0.25, -0.2) is 8.78 Å². The second-order valence-electron chi connectivity index (χ2n) is 4.08. The molecule has 0 aliphatic rings. The van der Waals surface area contributed by atoms with Gasteiger partial charge in [0.15, 0.2) is 11.6 Å². The molecule has 1 aromatic carbocycles. The van der Waals surface area contributed by atoms with Gasteiger partial charge in [0.1, 0.15) is 11.3 Å². The summed E-state index contributed by atoms with van der Waals surface area (Å²) in [6, 6.07) is 3.19. The molecule has 0 spiro atoms. The smallest absolute Gasteiger partial charge is 0.325 e. The third kappa shape index (κ3) is 3.66. The van der Waals surface area contributed by atoms with Gasteiger partial charge in [-0.3, -0.25) is 4.79 Å². The standard InChI is InChI=1S/C12H15F2NO3/c1-12(15,11(16)17-2)5-6-18-8-3-4-9(13)10(14)7-8/h3-4,7H,5-6,15H2,1-2H3. The highest BCUT2D eigenvalue weighted by atomic mass is 19.2. The summed E-state index contributed by atoms with van der Waals surface area (Å²) in [5, 5.41) is 0. The quantitative estimate of drug-likeness (QED) is 0.816. The average molecular weight is 259 g/mol. The average Bonchev–Trinajstić information content (AvgIpc) is 2.32. The van der Waals surface area contributed by atoms with Crippen molar-refractivity contribution in [2.75, 3.05) is 13.7 Å². The zero-order valence-corrected chi connectivity index (χ0v) is 10.2. The van der Waals surface area contributed by atoms with Crippen molar-refractivity contribution in [1.29, 1.82) is 0 Å². The van der Waals surface area contributed by atoms with Crippen molar-refractivity contribution >= 4 is 5.97 Å². The third-order valence-corrected chi connectivity index (χ3v) is 2.43. The molecular formula is C12H15F2NO3. The van der Waals surface area contributed by atoms with E-state index in [0.717, 1.165) is 12.1 Å². The Hall–Kier alpha value is -1.69. The molecule has 0 heterocycles. The van der Waals surface area contributed by atoms with Gasteiger partial charge < -0.3 is 15.2 Å². The first-order valence-corrected chi connectivity index (χ1v) is 5.32. The Morgan fingerprint density at radius 2 is 2.06 bits per heavy atom. The number of nitrogens with two attached hydrogens (primary N) is 1. The van der Waals surface area contributed by atoms with Crippen molar-refractivity contribution in [3.8, 4) is 5.75 Å². The van der Waals surface area contributed by atoms with Crippen molar-refractivity contribution in [2.45, 2.75) is 18.9 Å². The van der Waals surface area contributed by atoms with E-state index in [9.17, 15) is 13.6 Å². The van der Waals surface area contributed by atoms with Crippen molar-refractivity contribution in [3.05, 3.63) is 29.8 Å². The summed E-state index contributed by atoms with van der Waals surface area (Å²) < 4.78 is 35.2. The molecular weight excluding hydrogens is 244 g/mol. The van der Waals surface area contributed by atoms with Crippen molar-refractivity contribution in [3.63, 3.8) is 0 Å². The van der Waals surface area contributed by atoms with Crippen LogP contribution in [0.4, 0.5) is 8.78 Å². The van der Waals surface area contributed by atoms with Crippen molar-refractivity contribution in [2.24, 2.45) is 5.73 Å². The maximum atomic E-state index is 12.9. The number of rotatable bonds is 5. The summed E-state index contributed by atoms with van der Waals surface area (Å²) in [6.07, 6.45) is 0.193. The molecule has 0 saturated carbocycles. The van der Waals surface area contributed by atoms with Crippen LogP contribution in [0.5, 0.6) is 5.75 Å². The van der Waals surface area contributed by atoms with E-state index in [2.05, 4.69) is 4.74 Å². The number of carbonyl (C=O) groups excluding carboxylic acids is 1. The molecule has 0 aliphatic heterocycles. The largest absolute Gasteiger partial charge is 0.493 e. The number of carbonyl (C=O) groups is 1. The lowest BCUT2D eigenvalue weighted by Crippen LogP contribution is -2.46. The normalized spacial score (nSPS) is 13.8. The topological polar surface area (TPSA) is 61.5 Å². The molecule has 0 saturated heterocycles. The fraction of sp³-hybridized carbons (Fsp3) is 0.417. The first kappa shape index (κ1) is 14.4. The van der Waals surface area contributed by atoms with Gasteiger partial charge in [0.25, 0.3) is 0 Å². The lowest BCUT2D eigenvalue weighted by atomic mass is 10.0. The van der Waals surface area contributed by atoms with Crippen LogP contribution in [0, 0.1) is 11.6 Å². The van der Waals surface area contributed by atoms with Gasteiger partial charge in [-0.2, -0.15) is 0 Å². The minimum Gasteiger partial charge on any atom is -0.493 e. The fourth-order valence-corrected chi connectivity index (χ4v) is 1.28. The zero-order valence-electron chi connectivity index (χ0n) is 10.2. The van der Waals surface area contributed by atoms with E-state index in [-0.39, 0.29) is 18.8 Å². The van der Waals surface area contributed by atoms with E-state index >= 15 is 0 Å². The van der Waals surface area contributed by atoms with E-state index in [1.165, 1.54) is 20.1 Å². The molecule has 100 valence electrons. The molecule has 0 fully saturated rings. The van der Waals surface area contributed by atoms with Crippen molar-refractivity contribution < 1.29 is 23.0 Å². The van der Waals surface area contributed by atoms with Crippen LogP contribution in [0.25, 0.3) is 0 Å². The summed E-state index contributed by atoms with van der Waals surface area (Å²) >= 11 is 0. The Labute approximate surface area is 104 Å². The van der Waals surface area contributed by atoms with Gasteiger partial charge in [0.2, 0.25) is 0 Å². The van der Waals surface area contributed by atoms with Crippen LogP contribution >= 0.6 is 0 Å². The molecule has 0 amide bonds. The van der Waals surface area contributed by atoms with Gasteiger partial charge in [0.05, 0.1) is 13.7 Å². The minimum atomic E-state index is -1.17. The SMILES string of the molecule is COC(=O)C(C)(N)CCOc1ccc(F)c(F)c1. The van der Waals surface area contributed by atoms with Crippen LogP contribution in [0.3, 0.4) is 0 Å². The molecule has 0 bridgehead atoms. The number of esters is 1. The predicted molar refractivity (Wildman–Crippen MR) is 61.1 cm³/mol. The minimum absolute atomic E-state index is 0.0904. The highest BCUT2D eigenvalue weighted by molar-refractivity contribution is 5.79. The Balaban J connectivity index is 2.51. The van der Waals surface area contributed by atoms with Crippen LogP contribution in [0.1, 0.15) is 13.3 Å². The fourth-order valence-electron chi connectivity index (χ4n) is 1.28. The second-order valence-corrected chi connectivity index (χ2v) is 4.08. The molecule has 6 heteroatoms. The first-order valence-electron chi connectivity index (χ1n) is 5.32. The maximum absolute atomic E-state index is 12.9. The van der Waals surface area contributed by atoms with Gasteiger partial charge in [0, 0.05) is 12.5 Å². The summed E-state index contributed by atoms with van der Waals surface area (Å²) in [5.74, 6) is -2.32. The number of benzene rings is 1. The van der Waals surface area contributed by atoms with Crippen LogP contribution in [0.2, 0.25) is 0 Å². The van der Waals surface area contributed by atoms with Crippen LogP contribution < -0.4 is 10.5 Å². The molecule has 4 nitrogen and oxygen atoms in total. The molecule has 2 N–H and O–H groups in total. The summed E-state index contributed by atoms with van der Waals surface area (Å²) in [4.78, 5) is 11.3. The monoisotopic (exact) mass is 259 g/mol. The maximum Gasteiger partial charge on any atom is 0.325 e. The Morgan fingerprint density at radius 1 is 1.39 bits per heavy atom. The highest BCUT2D eigenvalue weighted by Crippen LogP contribution is 2.16. The van der Waals surface area contributed by atoms with Crippen LogP contribution in [-0.2, 0) is 9.53 Å². The van der Waals surface area contributed by atoms with E-state index in [0.29, 0.717) is 0 Å². The molecule has 0 aromatic heterocycles. The predicted octanol–water partition coefficient (Wildman–Crippen LogP) is 1.62. The van der Waals surface area contributed by atoms with Crippen molar-refractivity contribution in [1.82, 2.24) is 0 Å². The Kier molecular flexibility index (Phi) is 4.61. The van der Waals surface area contributed by atoms with Gasteiger partial charge >= 0.3 is 5.97 Å². The summed E-state index contributed by atoms with van der Waals surface area (Å²) in [6.45, 7) is 1.60. The number of hydrogen-bond acceptors (Lipinski definition) is 4. The Morgan fingerprint density at radius 3 is 2.61 bits per heavy atom. The second kappa shape index (κ2) is 5.77. The van der Waals surface area contributed by atoms with E-state index in [4.69, 9.17) is 10.5 Å². The lowest BCUT2D eigenvalue weighted by Gasteiger charge is -2.21. The number of ether oxygens (including phenoxy) is 2. The molecule has 1 atom stereocenters. The molecule has 1 aromatic rings. The number of methoxy groups -OCH3 is 1. The van der Waals surface area contributed by atoms with Crippen LogP contribution in [-0.4, -0.2) is 25.2 Å². The lowest BCUT2D eigenvalue weighted by molar-refractivity contribution is -0.146. The molecule has 18 heavy (non-hydrogen) atoms.